The molecule has 4 heterocycles. The molecule has 2 saturated heterocycles. The van der Waals surface area contributed by atoms with Crippen molar-refractivity contribution in [3.8, 4) is 33.6 Å². The molecule has 12 heteroatoms. The maximum atomic E-state index is 13.6. The molecular formula is C42H49N7O5. The first-order valence-electron chi connectivity index (χ1n) is 18.8. The summed E-state index contributed by atoms with van der Waals surface area (Å²) in [6.45, 7) is 10.7. The SMILES string of the molecule is COC(=O)N[C@H](C(=O)N1CCCC1c1ncc(-c2ccc3cc(-c4ccc(-c5cnc(C6CCCN6C(=O)OC(C)(C)C)[nH]5)cc4)ccc3c2)[nH]1)C(C)C. The zero-order chi connectivity index (χ0) is 38.1. The molecule has 5 aromatic rings. The molecule has 0 spiro atoms. The van der Waals surface area contributed by atoms with E-state index in [2.05, 4.69) is 80.9 Å². The maximum absolute atomic E-state index is 13.6. The first-order valence-corrected chi connectivity index (χ1v) is 18.8. The molecule has 2 aromatic heterocycles. The number of amides is 3. The molecule has 7 rings (SSSR count). The average Bonchev–Trinajstić information content (AvgIpc) is 3.98. The molecule has 3 atom stereocenters. The molecule has 2 fully saturated rings. The van der Waals surface area contributed by atoms with Gasteiger partial charge in [0.15, 0.2) is 0 Å². The number of aromatic nitrogens is 4. The Morgan fingerprint density at radius 2 is 1.28 bits per heavy atom. The third kappa shape index (κ3) is 7.69. The molecule has 2 unspecified atom stereocenters. The number of ether oxygens (including phenoxy) is 2. The summed E-state index contributed by atoms with van der Waals surface area (Å²) >= 11 is 0. The fourth-order valence-electron chi connectivity index (χ4n) is 7.52. The third-order valence-corrected chi connectivity index (χ3v) is 10.3. The predicted molar refractivity (Wildman–Crippen MR) is 207 cm³/mol. The Bertz CT molecular complexity index is 2150. The summed E-state index contributed by atoms with van der Waals surface area (Å²) < 4.78 is 10.4. The Morgan fingerprint density at radius 1 is 0.759 bits per heavy atom. The van der Waals surface area contributed by atoms with Crippen molar-refractivity contribution in [2.45, 2.75) is 84.0 Å². The number of rotatable bonds is 8. The number of H-pyrrole nitrogens is 2. The summed E-state index contributed by atoms with van der Waals surface area (Å²) in [4.78, 5) is 58.2. The minimum Gasteiger partial charge on any atom is -0.453 e. The topological polar surface area (TPSA) is 146 Å². The van der Waals surface area contributed by atoms with Crippen LogP contribution in [0.15, 0.2) is 73.1 Å². The van der Waals surface area contributed by atoms with E-state index in [1.165, 1.54) is 7.11 Å². The van der Waals surface area contributed by atoms with Crippen LogP contribution in [0.3, 0.4) is 0 Å². The van der Waals surface area contributed by atoms with E-state index in [1.54, 1.807) is 4.90 Å². The molecule has 0 saturated carbocycles. The van der Waals surface area contributed by atoms with Gasteiger partial charge in [0.1, 0.15) is 23.3 Å². The number of imidazole rings is 2. The molecule has 2 aliphatic heterocycles. The summed E-state index contributed by atoms with van der Waals surface area (Å²) in [6.07, 6.45) is 6.15. The van der Waals surface area contributed by atoms with Gasteiger partial charge in [0.2, 0.25) is 5.91 Å². The van der Waals surface area contributed by atoms with Gasteiger partial charge in [0, 0.05) is 18.7 Å². The maximum Gasteiger partial charge on any atom is 0.410 e. The van der Waals surface area contributed by atoms with Crippen LogP contribution in [0.4, 0.5) is 9.59 Å². The first kappa shape index (κ1) is 36.7. The van der Waals surface area contributed by atoms with Crippen molar-refractivity contribution in [2.24, 2.45) is 5.92 Å². The number of nitrogens with zero attached hydrogens (tertiary/aromatic N) is 4. The van der Waals surface area contributed by atoms with Crippen molar-refractivity contribution in [3.63, 3.8) is 0 Å². The number of likely N-dealkylation sites (tertiary alicyclic amines) is 2. The summed E-state index contributed by atoms with van der Waals surface area (Å²) in [5, 5.41) is 4.93. The largest absolute Gasteiger partial charge is 0.453 e. The minimum atomic E-state index is -0.679. The molecule has 3 aromatic carbocycles. The van der Waals surface area contributed by atoms with Crippen molar-refractivity contribution in [3.05, 3.63) is 84.7 Å². The number of aromatic amines is 2. The van der Waals surface area contributed by atoms with Gasteiger partial charge in [-0.2, -0.15) is 0 Å². The summed E-state index contributed by atoms with van der Waals surface area (Å²) in [5.41, 5.74) is 5.48. The minimum absolute atomic E-state index is 0.0963. The lowest BCUT2D eigenvalue weighted by atomic mass is 9.98. The van der Waals surface area contributed by atoms with Gasteiger partial charge in [0.05, 0.1) is 43.0 Å². The lowest BCUT2D eigenvalue weighted by Crippen LogP contribution is -2.51. The van der Waals surface area contributed by atoms with Gasteiger partial charge in [-0.3, -0.25) is 9.69 Å². The molecule has 12 nitrogen and oxygen atoms in total. The van der Waals surface area contributed by atoms with Crippen LogP contribution in [0.2, 0.25) is 0 Å². The highest BCUT2D eigenvalue weighted by Crippen LogP contribution is 2.35. The lowest BCUT2D eigenvalue weighted by molar-refractivity contribution is -0.135. The number of fused-ring (bicyclic) bond motifs is 1. The van der Waals surface area contributed by atoms with Crippen molar-refractivity contribution in [1.29, 1.82) is 0 Å². The average molecular weight is 732 g/mol. The number of alkyl carbamates (subject to hydrolysis) is 1. The Kier molecular flexibility index (Phi) is 10.2. The highest BCUT2D eigenvalue weighted by Gasteiger charge is 2.38. The zero-order valence-corrected chi connectivity index (χ0v) is 31.8. The van der Waals surface area contributed by atoms with Crippen molar-refractivity contribution < 1.29 is 23.9 Å². The normalized spacial score (nSPS) is 18.0. The van der Waals surface area contributed by atoms with Crippen molar-refractivity contribution in [2.75, 3.05) is 20.2 Å². The molecule has 0 aliphatic carbocycles. The number of nitrogens with one attached hydrogen (secondary N) is 3. The van der Waals surface area contributed by atoms with Crippen LogP contribution in [-0.4, -0.2) is 79.7 Å². The van der Waals surface area contributed by atoms with Gasteiger partial charge in [-0.15, -0.1) is 0 Å². The predicted octanol–water partition coefficient (Wildman–Crippen LogP) is 8.40. The molecule has 3 amide bonds. The number of benzene rings is 3. The van der Waals surface area contributed by atoms with Gasteiger partial charge >= 0.3 is 12.2 Å². The van der Waals surface area contributed by atoms with Crippen molar-refractivity contribution >= 4 is 28.9 Å². The smallest absolute Gasteiger partial charge is 0.410 e. The van der Waals surface area contributed by atoms with Crippen LogP contribution in [0, 0.1) is 5.92 Å². The number of carbonyl (C=O) groups excluding carboxylic acids is 3. The quantitative estimate of drug-likeness (QED) is 0.145. The van der Waals surface area contributed by atoms with E-state index in [1.807, 2.05) is 51.9 Å². The van der Waals surface area contributed by atoms with E-state index in [0.717, 1.165) is 81.7 Å². The fourth-order valence-corrected chi connectivity index (χ4v) is 7.52. The Balaban J connectivity index is 1.03. The fraction of sp³-hybridized carbons (Fsp3) is 0.405. The highest BCUT2D eigenvalue weighted by molar-refractivity contribution is 5.91. The number of hydrogen-bond donors (Lipinski definition) is 3. The Morgan fingerprint density at radius 3 is 1.87 bits per heavy atom. The van der Waals surface area contributed by atoms with Gasteiger partial charge in [-0.25, -0.2) is 19.6 Å². The number of carbonyl (C=O) groups is 3. The van der Waals surface area contributed by atoms with E-state index in [4.69, 9.17) is 14.5 Å². The van der Waals surface area contributed by atoms with E-state index in [0.29, 0.717) is 13.1 Å². The van der Waals surface area contributed by atoms with Gasteiger partial charge in [-0.05, 0) is 92.0 Å². The second-order valence-electron chi connectivity index (χ2n) is 15.6. The van der Waals surface area contributed by atoms with Crippen LogP contribution in [0.25, 0.3) is 44.4 Å². The summed E-state index contributed by atoms with van der Waals surface area (Å²) in [7, 11) is 1.30. The molecule has 2 aliphatic rings. The molecular weight excluding hydrogens is 683 g/mol. The van der Waals surface area contributed by atoms with Crippen LogP contribution < -0.4 is 5.32 Å². The second-order valence-corrected chi connectivity index (χ2v) is 15.6. The van der Waals surface area contributed by atoms with Crippen LogP contribution in [-0.2, 0) is 14.3 Å². The van der Waals surface area contributed by atoms with E-state index in [9.17, 15) is 14.4 Å². The summed E-state index contributed by atoms with van der Waals surface area (Å²) in [6, 6.07) is 20.2. The molecule has 0 radical (unpaired) electrons. The Labute approximate surface area is 315 Å². The first-order chi connectivity index (χ1) is 25.9. The monoisotopic (exact) mass is 731 g/mol. The third-order valence-electron chi connectivity index (χ3n) is 10.3. The second kappa shape index (κ2) is 15.0. The van der Waals surface area contributed by atoms with E-state index >= 15 is 0 Å². The lowest BCUT2D eigenvalue weighted by Gasteiger charge is -2.30. The molecule has 3 N–H and O–H groups in total. The molecule has 0 bridgehead atoms. The van der Waals surface area contributed by atoms with Gasteiger partial charge in [0.25, 0.3) is 0 Å². The van der Waals surface area contributed by atoms with Gasteiger partial charge in [-0.1, -0.05) is 62.4 Å². The van der Waals surface area contributed by atoms with Crippen LogP contribution in [0.5, 0.6) is 0 Å². The van der Waals surface area contributed by atoms with E-state index < -0.39 is 17.7 Å². The molecule has 282 valence electrons. The summed E-state index contributed by atoms with van der Waals surface area (Å²) in [5.74, 6) is 1.29. The van der Waals surface area contributed by atoms with E-state index in [-0.39, 0.29) is 30.0 Å². The molecule has 54 heavy (non-hydrogen) atoms. The van der Waals surface area contributed by atoms with Gasteiger partial charge < -0.3 is 29.7 Å². The van der Waals surface area contributed by atoms with Crippen molar-refractivity contribution in [1.82, 2.24) is 35.1 Å². The number of methoxy groups -OCH3 is 1. The van der Waals surface area contributed by atoms with Crippen LogP contribution in [0.1, 0.15) is 84.0 Å². The highest BCUT2D eigenvalue weighted by atomic mass is 16.6. The Hall–Kier alpha value is -5.65. The zero-order valence-electron chi connectivity index (χ0n) is 31.8. The number of hydrogen-bond acceptors (Lipinski definition) is 7. The van der Waals surface area contributed by atoms with Crippen LogP contribution >= 0.6 is 0 Å². The standard InChI is InChI=1S/C42H49N7O5/c1-25(2)36(47-40(51)53-6)39(50)48-19-7-9-34(48)37-44-24-33(46-37)31-18-17-29-21-28(15-16-30(29)22-31)26-11-13-27(14-12-26)32-23-43-38(45-32)35-10-8-20-49(35)41(52)54-42(3,4)5/h11-18,21-25,34-36H,7-10,19-20H2,1-6H3,(H,43,45)(H,44,46)(H,47,51)/t34?,35?,36-/m0/s1.